The van der Waals surface area contributed by atoms with Crippen molar-refractivity contribution in [1.29, 1.82) is 0 Å². The van der Waals surface area contributed by atoms with E-state index in [1.165, 1.54) is 12.8 Å². The molecule has 18 heavy (non-hydrogen) atoms. The number of thioether (sulfide) groups is 1. The van der Waals surface area contributed by atoms with Gasteiger partial charge in [0, 0.05) is 18.3 Å². The second-order valence-electron chi connectivity index (χ2n) is 5.63. The molecule has 0 aromatic carbocycles. The Bertz CT molecular complexity index is 208. The molecule has 0 heterocycles. The highest BCUT2D eigenvalue weighted by molar-refractivity contribution is 7.98. The first-order valence-electron chi connectivity index (χ1n) is 7.13. The highest BCUT2D eigenvalue weighted by Gasteiger charge is 2.19. The molecular formula is C14H29NO2S. The Labute approximate surface area is 116 Å². The van der Waals surface area contributed by atoms with Gasteiger partial charge in [-0.2, -0.15) is 11.8 Å². The van der Waals surface area contributed by atoms with Gasteiger partial charge in [0.2, 0.25) is 0 Å². The maximum atomic E-state index is 9.85. The van der Waals surface area contributed by atoms with Crippen molar-refractivity contribution in [2.45, 2.75) is 57.8 Å². The highest BCUT2D eigenvalue weighted by Crippen LogP contribution is 2.25. The summed E-state index contributed by atoms with van der Waals surface area (Å²) in [5.41, 5.74) is 0. The second-order valence-corrected chi connectivity index (χ2v) is 6.54. The molecule has 108 valence electrons. The standard InChI is InChI=1S/C14H29NO2S/c1-11-4-6-14(7-5-11)17-9-13(16)8-15-12(2)10-18-3/h11-16H,4-10H2,1-3H3. The number of aliphatic hydroxyl groups excluding tert-OH is 1. The number of hydrogen-bond donors (Lipinski definition) is 2. The van der Waals surface area contributed by atoms with Gasteiger partial charge < -0.3 is 15.2 Å². The molecule has 1 aliphatic rings. The molecule has 2 N–H and O–H groups in total. The van der Waals surface area contributed by atoms with Gasteiger partial charge in [-0.25, -0.2) is 0 Å². The van der Waals surface area contributed by atoms with E-state index in [0.29, 0.717) is 25.3 Å². The summed E-state index contributed by atoms with van der Waals surface area (Å²) < 4.78 is 5.79. The van der Waals surface area contributed by atoms with Crippen LogP contribution < -0.4 is 5.32 Å². The van der Waals surface area contributed by atoms with Gasteiger partial charge in [-0.1, -0.05) is 6.92 Å². The quantitative estimate of drug-likeness (QED) is 0.713. The van der Waals surface area contributed by atoms with Crippen molar-refractivity contribution in [3.05, 3.63) is 0 Å². The van der Waals surface area contributed by atoms with E-state index in [-0.39, 0.29) is 6.10 Å². The maximum Gasteiger partial charge on any atom is 0.0897 e. The van der Waals surface area contributed by atoms with Crippen molar-refractivity contribution in [2.75, 3.05) is 25.2 Å². The van der Waals surface area contributed by atoms with Gasteiger partial charge in [0.15, 0.2) is 0 Å². The van der Waals surface area contributed by atoms with E-state index >= 15 is 0 Å². The average molecular weight is 275 g/mol. The van der Waals surface area contributed by atoms with Crippen LogP contribution in [-0.4, -0.2) is 48.5 Å². The molecule has 2 unspecified atom stereocenters. The van der Waals surface area contributed by atoms with Gasteiger partial charge in [0.25, 0.3) is 0 Å². The fraction of sp³-hybridized carbons (Fsp3) is 1.00. The number of aliphatic hydroxyl groups is 1. The van der Waals surface area contributed by atoms with Gasteiger partial charge in [0.1, 0.15) is 0 Å². The van der Waals surface area contributed by atoms with Gasteiger partial charge in [-0.15, -0.1) is 0 Å². The van der Waals surface area contributed by atoms with Gasteiger partial charge in [0.05, 0.1) is 18.8 Å². The van der Waals surface area contributed by atoms with Crippen LogP contribution in [0.3, 0.4) is 0 Å². The normalized spacial score (nSPS) is 28.0. The van der Waals surface area contributed by atoms with Crippen molar-refractivity contribution in [1.82, 2.24) is 5.32 Å². The second kappa shape index (κ2) is 9.18. The molecule has 1 rings (SSSR count). The van der Waals surface area contributed by atoms with Crippen molar-refractivity contribution in [2.24, 2.45) is 5.92 Å². The van der Waals surface area contributed by atoms with Crippen LogP contribution in [0.4, 0.5) is 0 Å². The third-order valence-electron chi connectivity index (χ3n) is 3.61. The lowest BCUT2D eigenvalue weighted by molar-refractivity contribution is -0.0281. The van der Waals surface area contributed by atoms with Crippen LogP contribution in [0.1, 0.15) is 39.5 Å². The van der Waals surface area contributed by atoms with Crippen LogP contribution >= 0.6 is 11.8 Å². The summed E-state index contributed by atoms with van der Waals surface area (Å²) in [4.78, 5) is 0. The maximum absolute atomic E-state index is 9.85. The lowest BCUT2D eigenvalue weighted by atomic mass is 9.89. The van der Waals surface area contributed by atoms with Crippen LogP contribution in [0.2, 0.25) is 0 Å². The largest absolute Gasteiger partial charge is 0.389 e. The molecule has 4 heteroatoms. The minimum Gasteiger partial charge on any atom is -0.389 e. The fourth-order valence-electron chi connectivity index (χ4n) is 2.35. The van der Waals surface area contributed by atoms with Crippen molar-refractivity contribution >= 4 is 11.8 Å². The summed E-state index contributed by atoms with van der Waals surface area (Å²) in [6.45, 7) is 5.55. The predicted molar refractivity (Wildman–Crippen MR) is 79.2 cm³/mol. The van der Waals surface area contributed by atoms with Crippen molar-refractivity contribution in [3.63, 3.8) is 0 Å². The molecule has 3 nitrogen and oxygen atoms in total. The summed E-state index contributed by atoms with van der Waals surface area (Å²) in [7, 11) is 0. The summed E-state index contributed by atoms with van der Waals surface area (Å²) in [6, 6.07) is 0.449. The van der Waals surface area contributed by atoms with E-state index in [4.69, 9.17) is 4.74 Å². The third kappa shape index (κ3) is 6.98. The summed E-state index contributed by atoms with van der Waals surface area (Å²) in [5.74, 6) is 1.93. The lowest BCUT2D eigenvalue weighted by Crippen LogP contribution is -2.38. The van der Waals surface area contributed by atoms with Crippen LogP contribution in [0.15, 0.2) is 0 Å². The zero-order valence-corrected chi connectivity index (χ0v) is 12.8. The lowest BCUT2D eigenvalue weighted by Gasteiger charge is -2.27. The Balaban J connectivity index is 2.04. The molecule has 0 saturated heterocycles. The van der Waals surface area contributed by atoms with Crippen molar-refractivity contribution < 1.29 is 9.84 Å². The highest BCUT2D eigenvalue weighted by atomic mass is 32.2. The monoisotopic (exact) mass is 275 g/mol. The molecule has 2 atom stereocenters. The predicted octanol–water partition coefficient (Wildman–Crippen LogP) is 2.28. The first-order chi connectivity index (χ1) is 8.61. The molecule has 0 spiro atoms. The molecule has 0 radical (unpaired) electrons. The number of nitrogens with one attached hydrogen (secondary N) is 1. The van der Waals surface area contributed by atoms with E-state index in [1.54, 1.807) is 0 Å². The van der Waals surface area contributed by atoms with E-state index in [0.717, 1.165) is 24.5 Å². The minimum atomic E-state index is -0.381. The van der Waals surface area contributed by atoms with Crippen LogP contribution in [0.5, 0.6) is 0 Å². The summed E-state index contributed by atoms with van der Waals surface area (Å²) in [5, 5.41) is 13.2. The van der Waals surface area contributed by atoms with E-state index < -0.39 is 0 Å². The minimum absolute atomic E-state index is 0.375. The van der Waals surface area contributed by atoms with E-state index in [9.17, 15) is 5.11 Å². The van der Waals surface area contributed by atoms with Gasteiger partial charge in [-0.05, 0) is 44.8 Å². The van der Waals surface area contributed by atoms with Gasteiger partial charge >= 0.3 is 0 Å². The molecule has 0 aromatic heterocycles. The van der Waals surface area contributed by atoms with Crippen molar-refractivity contribution in [3.8, 4) is 0 Å². The first-order valence-corrected chi connectivity index (χ1v) is 8.53. The Kier molecular flexibility index (Phi) is 8.31. The number of hydrogen-bond acceptors (Lipinski definition) is 4. The number of rotatable bonds is 8. The van der Waals surface area contributed by atoms with Crippen LogP contribution in [0.25, 0.3) is 0 Å². The Morgan fingerprint density at radius 3 is 2.61 bits per heavy atom. The topological polar surface area (TPSA) is 41.5 Å². The van der Waals surface area contributed by atoms with Gasteiger partial charge in [-0.3, -0.25) is 0 Å². The fourth-order valence-corrected chi connectivity index (χ4v) is 2.97. The Morgan fingerprint density at radius 2 is 2.00 bits per heavy atom. The van der Waals surface area contributed by atoms with Crippen LogP contribution in [-0.2, 0) is 4.74 Å². The molecular weight excluding hydrogens is 246 g/mol. The van der Waals surface area contributed by atoms with E-state index in [1.807, 2.05) is 11.8 Å². The van der Waals surface area contributed by atoms with E-state index in [2.05, 4.69) is 25.4 Å². The summed E-state index contributed by atoms with van der Waals surface area (Å²) in [6.07, 6.45) is 6.94. The molecule has 0 aromatic rings. The molecule has 1 aliphatic carbocycles. The molecule has 1 fully saturated rings. The molecule has 0 bridgehead atoms. The smallest absolute Gasteiger partial charge is 0.0897 e. The Hall–Kier alpha value is 0.230. The zero-order chi connectivity index (χ0) is 13.4. The molecule has 1 saturated carbocycles. The summed E-state index contributed by atoms with van der Waals surface area (Å²) >= 11 is 1.82. The molecule has 0 aliphatic heterocycles. The average Bonchev–Trinajstić information content (AvgIpc) is 2.36. The van der Waals surface area contributed by atoms with Crippen LogP contribution in [0, 0.1) is 5.92 Å². The SMILES string of the molecule is CSCC(C)NCC(O)COC1CCC(C)CC1. The third-order valence-corrected chi connectivity index (χ3v) is 4.44. The number of ether oxygens (including phenoxy) is 1. The zero-order valence-electron chi connectivity index (χ0n) is 12.0. The first kappa shape index (κ1) is 16.3. The Morgan fingerprint density at radius 1 is 1.33 bits per heavy atom. The molecule has 0 amide bonds.